The van der Waals surface area contributed by atoms with Gasteiger partial charge in [0.15, 0.2) is 5.96 Å². The first-order valence-electron chi connectivity index (χ1n) is 9.86. The lowest BCUT2D eigenvalue weighted by Crippen LogP contribution is -2.40. The smallest absolute Gasteiger partial charge is 0.193 e. The Labute approximate surface area is 170 Å². The maximum atomic E-state index is 5.38. The molecular formula is C19H35IN4O. The molecular weight excluding hydrogens is 427 g/mol. The van der Waals surface area contributed by atoms with Crippen molar-refractivity contribution in [1.82, 2.24) is 15.1 Å². The molecule has 3 aliphatic rings. The standard InChI is InChI=1S/C19H34N4O.HI/c1-2-20-19(21-9-5-17-7-13-24-14-8-17)23-12-6-18(16-23)15-22-10-3-4-11-22;/h7,18H,2-6,8-16H2,1H3,(H,20,21);1H. The van der Waals surface area contributed by atoms with Gasteiger partial charge in [0.05, 0.1) is 13.2 Å². The number of nitrogens with one attached hydrogen (secondary N) is 1. The van der Waals surface area contributed by atoms with Gasteiger partial charge in [-0.3, -0.25) is 4.99 Å². The summed E-state index contributed by atoms with van der Waals surface area (Å²) in [4.78, 5) is 10.0. The van der Waals surface area contributed by atoms with Gasteiger partial charge in [0.2, 0.25) is 0 Å². The second-order valence-electron chi connectivity index (χ2n) is 7.28. The van der Waals surface area contributed by atoms with Crippen LogP contribution in [0.15, 0.2) is 16.6 Å². The predicted octanol–water partition coefficient (Wildman–Crippen LogP) is 2.72. The zero-order valence-electron chi connectivity index (χ0n) is 15.7. The summed E-state index contributed by atoms with van der Waals surface area (Å²) in [5.41, 5.74) is 1.51. The minimum atomic E-state index is 0. The molecule has 0 aromatic rings. The highest BCUT2D eigenvalue weighted by molar-refractivity contribution is 14.0. The SMILES string of the molecule is CCNC(=NCCC1=CCOCC1)N1CCC(CN2CCCC2)C1.I. The van der Waals surface area contributed by atoms with Crippen molar-refractivity contribution < 1.29 is 4.74 Å². The summed E-state index contributed by atoms with van der Waals surface area (Å²) in [5, 5.41) is 3.49. The molecule has 0 aliphatic carbocycles. The molecule has 144 valence electrons. The lowest BCUT2D eigenvalue weighted by atomic mass is 10.1. The lowest BCUT2D eigenvalue weighted by Gasteiger charge is -2.23. The van der Waals surface area contributed by atoms with Gasteiger partial charge >= 0.3 is 0 Å². The molecule has 0 saturated carbocycles. The summed E-state index contributed by atoms with van der Waals surface area (Å²) < 4.78 is 5.38. The first-order chi connectivity index (χ1) is 11.8. The summed E-state index contributed by atoms with van der Waals surface area (Å²) in [6, 6.07) is 0. The summed E-state index contributed by atoms with van der Waals surface area (Å²) in [7, 11) is 0. The molecule has 1 N–H and O–H groups in total. The normalized spacial score (nSPS) is 25.0. The van der Waals surface area contributed by atoms with Gasteiger partial charge in [0.1, 0.15) is 0 Å². The largest absolute Gasteiger partial charge is 0.377 e. The van der Waals surface area contributed by atoms with Crippen LogP contribution >= 0.6 is 24.0 Å². The molecule has 0 bridgehead atoms. The minimum absolute atomic E-state index is 0. The summed E-state index contributed by atoms with van der Waals surface area (Å²) in [6.07, 6.45) is 8.47. The van der Waals surface area contributed by atoms with Crippen molar-refractivity contribution >= 4 is 29.9 Å². The highest BCUT2D eigenvalue weighted by Crippen LogP contribution is 2.20. The molecule has 2 fully saturated rings. The number of aliphatic imine (C=N–C) groups is 1. The fraction of sp³-hybridized carbons (Fsp3) is 0.842. The van der Waals surface area contributed by atoms with Crippen LogP contribution in [-0.2, 0) is 4.74 Å². The highest BCUT2D eigenvalue weighted by Gasteiger charge is 2.27. The van der Waals surface area contributed by atoms with Crippen molar-refractivity contribution in [2.75, 3.05) is 59.0 Å². The first kappa shape index (κ1) is 21.0. The lowest BCUT2D eigenvalue weighted by molar-refractivity contribution is 0.153. The van der Waals surface area contributed by atoms with Crippen LogP contribution in [0.4, 0.5) is 0 Å². The maximum absolute atomic E-state index is 5.38. The van der Waals surface area contributed by atoms with Crippen LogP contribution in [0.1, 0.15) is 39.0 Å². The van der Waals surface area contributed by atoms with Crippen LogP contribution in [-0.4, -0.2) is 74.8 Å². The van der Waals surface area contributed by atoms with Crippen molar-refractivity contribution in [3.05, 3.63) is 11.6 Å². The minimum Gasteiger partial charge on any atom is -0.377 e. The third kappa shape index (κ3) is 6.71. The van der Waals surface area contributed by atoms with Gasteiger partial charge in [-0.15, -0.1) is 24.0 Å². The molecule has 0 radical (unpaired) electrons. The van der Waals surface area contributed by atoms with Gasteiger partial charge in [-0.1, -0.05) is 11.6 Å². The van der Waals surface area contributed by atoms with Gasteiger partial charge in [0.25, 0.3) is 0 Å². The topological polar surface area (TPSA) is 40.1 Å². The zero-order chi connectivity index (χ0) is 16.6. The van der Waals surface area contributed by atoms with E-state index in [2.05, 4.69) is 28.1 Å². The Balaban J connectivity index is 0.00000225. The van der Waals surface area contributed by atoms with Crippen molar-refractivity contribution in [1.29, 1.82) is 0 Å². The fourth-order valence-corrected chi connectivity index (χ4v) is 4.03. The van der Waals surface area contributed by atoms with E-state index in [-0.39, 0.29) is 24.0 Å². The molecule has 2 saturated heterocycles. The van der Waals surface area contributed by atoms with Gasteiger partial charge < -0.3 is 19.9 Å². The van der Waals surface area contributed by atoms with Crippen LogP contribution in [0.3, 0.4) is 0 Å². The van der Waals surface area contributed by atoms with Crippen LogP contribution in [0, 0.1) is 5.92 Å². The Hall–Kier alpha value is -0.340. The number of likely N-dealkylation sites (tertiary alicyclic amines) is 2. The zero-order valence-corrected chi connectivity index (χ0v) is 18.0. The van der Waals surface area contributed by atoms with Crippen molar-refractivity contribution in [2.24, 2.45) is 10.9 Å². The van der Waals surface area contributed by atoms with E-state index < -0.39 is 0 Å². The predicted molar refractivity (Wildman–Crippen MR) is 115 cm³/mol. The molecule has 3 rings (SSSR count). The van der Waals surface area contributed by atoms with Gasteiger partial charge in [-0.05, 0) is 58.0 Å². The number of halogens is 1. The molecule has 25 heavy (non-hydrogen) atoms. The number of guanidine groups is 1. The van der Waals surface area contributed by atoms with E-state index in [1.54, 1.807) is 0 Å². The van der Waals surface area contributed by atoms with Crippen LogP contribution < -0.4 is 5.32 Å². The summed E-state index contributed by atoms with van der Waals surface area (Å²) >= 11 is 0. The van der Waals surface area contributed by atoms with Crippen molar-refractivity contribution in [3.8, 4) is 0 Å². The maximum Gasteiger partial charge on any atom is 0.193 e. The molecule has 0 spiro atoms. The third-order valence-electron chi connectivity index (χ3n) is 5.39. The van der Waals surface area contributed by atoms with Gasteiger partial charge in [0, 0.05) is 32.7 Å². The van der Waals surface area contributed by atoms with E-state index in [0.29, 0.717) is 0 Å². The molecule has 3 aliphatic heterocycles. The average Bonchev–Trinajstić information content (AvgIpc) is 3.28. The summed E-state index contributed by atoms with van der Waals surface area (Å²) in [6.45, 7) is 11.9. The number of ether oxygens (including phenoxy) is 1. The Morgan fingerprint density at radius 3 is 2.88 bits per heavy atom. The Bertz CT molecular complexity index is 449. The Morgan fingerprint density at radius 2 is 2.16 bits per heavy atom. The van der Waals surface area contributed by atoms with E-state index >= 15 is 0 Å². The average molecular weight is 462 g/mol. The third-order valence-corrected chi connectivity index (χ3v) is 5.39. The number of hydrogen-bond donors (Lipinski definition) is 1. The molecule has 6 heteroatoms. The molecule has 0 aromatic heterocycles. The second kappa shape index (κ2) is 11.4. The van der Waals surface area contributed by atoms with E-state index in [1.807, 2.05) is 0 Å². The van der Waals surface area contributed by atoms with E-state index in [9.17, 15) is 0 Å². The molecule has 5 nitrogen and oxygen atoms in total. The monoisotopic (exact) mass is 462 g/mol. The Kier molecular flexibility index (Phi) is 9.55. The molecule has 0 aromatic carbocycles. The number of hydrogen-bond acceptors (Lipinski definition) is 3. The molecule has 1 unspecified atom stereocenters. The van der Waals surface area contributed by atoms with Crippen LogP contribution in [0.5, 0.6) is 0 Å². The quantitative estimate of drug-likeness (QED) is 0.285. The van der Waals surface area contributed by atoms with Gasteiger partial charge in [-0.25, -0.2) is 0 Å². The fourth-order valence-electron chi connectivity index (χ4n) is 4.03. The van der Waals surface area contributed by atoms with Crippen LogP contribution in [0.25, 0.3) is 0 Å². The number of rotatable bonds is 6. The van der Waals surface area contributed by atoms with E-state index in [4.69, 9.17) is 9.73 Å². The highest BCUT2D eigenvalue weighted by atomic mass is 127. The molecule has 0 amide bonds. The van der Waals surface area contributed by atoms with Gasteiger partial charge in [-0.2, -0.15) is 0 Å². The van der Waals surface area contributed by atoms with E-state index in [0.717, 1.165) is 57.6 Å². The second-order valence-corrected chi connectivity index (χ2v) is 7.28. The first-order valence-corrected chi connectivity index (χ1v) is 9.86. The molecule has 3 heterocycles. The van der Waals surface area contributed by atoms with Crippen LogP contribution in [0.2, 0.25) is 0 Å². The van der Waals surface area contributed by atoms with E-state index in [1.165, 1.54) is 51.0 Å². The van der Waals surface area contributed by atoms with Crippen molar-refractivity contribution in [3.63, 3.8) is 0 Å². The number of nitrogens with zero attached hydrogens (tertiary/aromatic N) is 3. The Morgan fingerprint density at radius 1 is 1.32 bits per heavy atom. The summed E-state index contributed by atoms with van der Waals surface area (Å²) in [5.74, 6) is 1.93. The molecule has 1 atom stereocenters. The van der Waals surface area contributed by atoms with Crippen molar-refractivity contribution in [2.45, 2.75) is 39.0 Å².